The van der Waals surface area contributed by atoms with Crippen molar-refractivity contribution in [3.05, 3.63) is 29.3 Å². The number of nitrogens with zero attached hydrogens (tertiary/aromatic N) is 3. The standard InChI is InChI=1S/C16H21N3O2/c1-3-19-8-4-5-14(19)11-18(2)15-7-6-12(16(20)21)9-13(15)10-17/h6-7,9,14H,3-5,8,11H2,1-2H3,(H,20,21). The Morgan fingerprint density at radius 3 is 2.95 bits per heavy atom. The number of nitriles is 1. The lowest BCUT2D eigenvalue weighted by molar-refractivity contribution is 0.0697. The van der Waals surface area contributed by atoms with Crippen LogP contribution in [0.4, 0.5) is 5.69 Å². The van der Waals surface area contributed by atoms with Crippen molar-refractivity contribution in [3.8, 4) is 6.07 Å². The Morgan fingerprint density at radius 2 is 2.33 bits per heavy atom. The van der Waals surface area contributed by atoms with Gasteiger partial charge in [0.15, 0.2) is 0 Å². The molecule has 1 atom stereocenters. The molecule has 1 saturated heterocycles. The van der Waals surface area contributed by atoms with Gasteiger partial charge in [0.1, 0.15) is 6.07 Å². The van der Waals surface area contributed by atoms with Gasteiger partial charge in [-0.25, -0.2) is 4.79 Å². The van der Waals surface area contributed by atoms with E-state index in [-0.39, 0.29) is 5.56 Å². The number of carbonyl (C=O) groups is 1. The van der Waals surface area contributed by atoms with E-state index in [1.165, 1.54) is 18.9 Å². The van der Waals surface area contributed by atoms with Gasteiger partial charge in [0.25, 0.3) is 0 Å². The molecule has 1 heterocycles. The first-order valence-corrected chi connectivity index (χ1v) is 7.29. The predicted octanol–water partition coefficient (Wildman–Crippen LogP) is 2.18. The molecule has 112 valence electrons. The van der Waals surface area contributed by atoms with Crippen LogP contribution < -0.4 is 4.90 Å². The summed E-state index contributed by atoms with van der Waals surface area (Å²) in [6.45, 7) is 5.20. The van der Waals surface area contributed by atoms with Crippen LogP contribution in [0, 0.1) is 11.3 Å². The summed E-state index contributed by atoms with van der Waals surface area (Å²) in [5, 5.41) is 18.3. The molecule has 1 N–H and O–H groups in total. The first kappa shape index (κ1) is 15.3. The van der Waals surface area contributed by atoms with Crippen molar-refractivity contribution in [2.45, 2.75) is 25.8 Å². The molecule has 0 saturated carbocycles. The fraction of sp³-hybridized carbons (Fsp3) is 0.500. The van der Waals surface area contributed by atoms with Crippen molar-refractivity contribution in [3.63, 3.8) is 0 Å². The van der Waals surface area contributed by atoms with E-state index in [0.717, 1.165) is 25.3 Å². The fourth-order valence-electron chi connectivity index (χ4n) is 3.02. The van der Waals surface area contributed by atoms with Gasteiger partial charge in [-0.2, -0.15) is 5.26 Å². The summed E-state index contributed by atoms with van der Waals surface area (Å²) in [7, 11) is 1.96. The Hall–Kier alpha value is -2.06. The molecule has 2 rings (SSSR count). The molecule has 1 aromatic carbocycles. The van der Waals surface area contributed by atoms with Gasteiger partial charge in [-0.05, 0) is 44.1 Å². The van der Waals surface area contributed by atoms with Crippen LogP contribution in [0.25, 0.3) is 0 Å². The Morgan fingerprint density at radius 1 is 1.57 bits per heavy atom. The van der Waals surface area contributed by atoms with Gasteiger partial charge in [-0.3, -0.25) is 4.90 Å². The summed E-state index contributed by atoms with van der Waals surface area (Å²) < 4.78 is 0. The van der Waals surface area contributed by atoms with Crippen molar-refractivity contribution in [2.75, 3.05) is 31.6 Å². The fourth-order valence-corrected chi connectivity index (χ4v) is 3.02. The van der Waals surface area contributed by atoms with E-state index < -0.39 is 5.97 Å². The smallest absolute Gasteiger partial charge is 0.335 e. The number of hydrogen-bond donors (Lipinski definition) is 1. The lowest BCUT2D eigenvalue weighted by Gasteiger charge is -2.29. The number of likely N-dealkylation sites (tertiary alicyclic amines) is 1. The monoisotopic (exact) mass is 287 g/mol. The number of aromatic carboxylic acids is 1. The number of rotatable bonds is 5. The SMILES string of the molecule is CCN1CCCC1CN(C)c1ccc(C(=O)O)cc1C#N. The van der Waals surface area contributed by atoms with Crippen molar-refractivity contribution >= 4 is 11.7 Å². The van der Waals surface area contributed by atoms with E-state index in [1.54, 1.807) is 12.1 Å². The maximum absolute atomic E-state index is 11.0. The van der Waals surface area contributed by atoms with E-state index >= 15 is 0 Å². The van der Waals surface area contributed by atoms with Crippen LogP contribution in [0.1, 0.15) is 35.7 Å². The van der Waals surface area contributed by atoms with Gasteiger partial charge in [0.05, 0.1) is 16.8 Å². The lowest BCUT2D eigenvalue weighted by Crippen LogP contribution is -2.39. The third kappa shape index (κ3) is 3.34. The van der Waals surface area contributed by atoms with Crippen LogP contribution in [0.2, 0.25) is 0 Å². The molecule has 5 nitrogen and oxygen atoms in total. The normalized spacial score (nSPS) is 18.4. The van der Waals surface area contributed by atoms with Crippen LogP contribution in [-0.4, -0.2) is 48.7 Å². The predicted molar refractivity (Wildman–Crippen MR) is 81.7 cm³/mol. The van der Waals surface area contributed by atoms with Crippen molar-refractivity contribution < 1.29 is 9.90 Å². The first-order chi connectivity index (χ1) is 10.1. The Balaban J connectivity index is 2.17. The highest BCUT2D eigenvalue weighted by atomic mass is 16.4. The highest BCUT2D eigenvalue weighted by Gasteiger charge is 2.24. The summed E-state index contributed by atoms with van der Waals surface area (Å²) in [5.74, 6) is -1.01. The van der Waals surface area contributed by atoms with E-state index in [0.29, 0.717) is 11.6 Å². The lowest BCUT2D eigenvalue weighted by atomic mass is 10.1. The van der Waals surface area contributed by atoms with Crippen LogP contribution in [0.5, 0.6) is 0 Å². The van der Waals surface area contributed by atoms with E-state index in [9.17, 15) is 10.1 Å². The molecule has 1 aliphatic heterocycles. The summed E-state index contributed by atoms with van der Waals surface area (Å²) >= 11 is 0. The van der Waals surface area contributed by atoms with Gasteiger partial charge in [0, 0.05) is 19.6 Å². The van der Waals surface area contributed by atoms with Gasteiger partial charge in [0.2, 0.25) is 0 Å². The van der Waals surface area contributed by atoms with Crippen molar-refractivity contribution in [1.29, 1.82) is 5.26 Å². The Bertz CT molecular complexity index is 565. The second kappa shape index (κ2) is 6.59. The molecular formula is C16H21N3O2. The Labute approximate surface area is 125 Å². The number of carboxylic acid groups (broad SMARTS) is 1. The second-order valence-corrected chi connectivity index (χ2v) is 5.45. The average molecular weight is 287 g/mol. The maximum atomic E-state index is 11.0. The number of benzene rings is 1. The van der Waals surface area contributed by atoms with Gasteiger partial charge < -0.3 is 10.0 Å². The second-order valence-electron chi connectivity index (χ2n) is 5.45. The summed E-state index contributed by atoms with van der Waals surface area (Å²) in [4.78, 5) is 15.5. The van der Waals surface area contributed by atoms with Gasteiger partial charge in [-0.1, -0.05) is 6.92 Å². The minimum absolute atomic E-state index is 0.153. The van der Waals surface area contributed by atoms with E-state index in [1.807, 2.05) is 7.05 Å². The zero-order chi connectivity index (χ0) is 15.4. The van der Waals surface area contributed by atoms with Crippen LogP contribution in [0.15, 0.2) is 18.2 Å². The largest absolute Gasteiger partial charge is 0.478 e. The number of anilines is 1. The summed E-state index contributed by atoms with van der Waals surface area (Å²) in [6, 6.07) is 7.34. The zero-order valence-corrected chi connectivity index (χ0v) is 12.5. The molecule has 1 fully saturated rings. The highest BCUT2D eigenvalue weighted by Crippen LogP contribution is 2.24. The van der Waals surface area contributed by atoms with Crippen LogP contribution in [-0.2, 0) is 0 Å². The zero-order valence-electron chi connectivity index (χ0n) is 12.5. The molecule has 0 aliphatic carbocycles. The molecule has 1 aromatic rings. The molecule has 1 unspecified atom stereocenters. The van der Waals surface area contributed by atoms with E-state index in [4.69, 9.17) is 5.11 Å². The minimum Gasteiger partial charge on any atom is -0.478 e. The molecule has 5 heteroatoms. The molecule has 0 bridgehead atoms. The highest BCUT2D eigenvalue weighted by molar-refractivity contribution is 5.89. The molecular weight excluding hydrogens is 266 g/mol. The topological polar surface area (TPSA) is 67.6 Å². The number of likely N-dealkylation sites (N-methyl/N-ethyl adjacent to an activating group) is 2. The van der Waals surface area contributed by atoms with Gasteiger partial charge in [-0.15, -0.1) is 0 Å². The maximum Gasteiger partial charge on any atom is 0.335 e. The van der Waals surface area contributed by atoms with E-state index in [2.05, 4.69) is 22.8 Å². The molecule has 0 aromatic heterocycles. The third-order valence-electron chi connectivity index (χ3n) is 4.17. The van der Waals surface area contributed by atoms with Crippen molar-refractivity contribution in [2.24, 2.45) is 0 Å². The summed E-state index contributed by atoms with van der Waals surface area (Å²) in [5.41, 5.74) is 1.36. The molecule has 21 heavy (non-hydrogen) atoms. The minimum atomic E-state index is -1.01. The molecule has 0 radical (unpaired) electrons. The van der Waals surface area contributed by atoms with Crippen LogP contribution >= 0.6 is 0 Å². The number of hydrogen-bond acceptors (Lipinski definition) is 4. The third-order valence-corrected chi connectivity index (χ3v) is 4.17. The summed E-state index contributed by atoms with van der Waals surface area (Å²) in [6.07, 6.45) is 2.39. The van der Waals surface area contributed by atoms with Crippen LogP contribution in [0.3, 0.4) is 0 Å². The number of carboxylic acids is 1. The molecule has 0 amide bonds. The molecule has 0 spiro atoms. The quantitative estimate of drug-likeness (QED) is 0.899. The first-order valence-electron chi connectivity index (χ1n) is 7.29. The Kier molecular flexibility index (Phi) is 4.81. The van der Waals surface area contributed by atoms with Crippen molar-refractivity contribution in [1.82, 2.24) is 4.90 Å². The average Bonchev–Trinajstić information content (AvgIpc) is 2.93. The molecule has 1 aliphatic rings. The van der Waals surface area contributed by atoms with Gasteiger partial charge >= 0.3 is 5.97 Å².